The molecule has 0 bridgehead atoms. The maximum atomic E-state index is 5.62. The number of hydrogen-bond donors (Lipinski definition) is 0. The predicted molar refractivity (Wildman–Crippen MR) is 57.0 cm³/mol. The van der Waals surface area contributed by atoms with Gasteiger partial charge in [0.1, 0.15) is 11.3 Å². The van der Waals surface area contributed by atoms with Gasteiger partial charge in [0.05, 0.1) is 0 Å². The molecule has 0 aliphatic carbocycles. The van der Waals surface area contributed by atoms with E-state index < -0.39 is 0 Å². The molecule has 2 aromatic rings. The first-order valence-electron chi connectivity index (χ1n) is 4.73. The van der Waals surface area contributed by atoms with Gasteiger partial charge in [0.15, 0.2) is 11.5 Å². The lowest BCUT2D eigenvalue weighted by molar-refractivity contribution is 0.174. The Labute approximate surface area is 86.9 Å². The van der Waals surface area contributed by atoms with Crippen LogP contribution in [0.3, 0.4) is 0 Å². The molecule has 0 saturated heterocycles. The van der Waals surface area contributed by atoms with Crippen molar-refractivity contribution in [3.63, 3.8) is 0 Å². The van der Waals surface area contributed by atoms with Crippen LogP contribution in [0.1, 0.15) is 12.7 Å². The number of benzene rings is 1. The molecule has 0 atom stereocenters. The summed E-state index contributed by atoms with van der Waals surface area (Å²) in [6.07, 6.45) is 0. The van der Waals surface area contributed by atoms with E-state index in [0.717, 1.165) is 33.8 Å². The van der Waals surface area contributed by atoms with Crippen molar-refractivity contribution in [1.82, 2.24) is 0 Å². The molecule has 0 spiro atoms. The summed E-state index contributed by atoms with van der Waals surface area (Å²) < 4.78 is 16.2. The van der Waals surface area contributed by atoms with Gasteiger partial charge >= 0.3 is 0 Å². The molecule has 1 aliphatic heterocycles. The minimum Gasteiger partial charge on any atom is -0.456 e. The molecule has 3 nitrogen and oxygen atoms in total. The van der Waals surface area contributed by atoms with Crippen LogP contribution in [0, 0.1) is 0 Å². The lowest BCUT2D eigenvalue weighted by atomic mass is 10.2. The smallest absolute Gasteiger partial charge is 0.231 e. The quantitative estimate of drug-likeness (QED) is 0.711. The summed E-state index contributed by atoms with van der Waals surface area (Å²) in [6.45, 7) is 6.05. The van der Waals surface area contributed by atoms with Crippen molar-refractivity contribution in [3.8, 4) is 11.5 Å². The minimum atomic E-state index is 0.287. The molecular formula is C12H10O3. The first-order valence-corrected chi connectivity index (χ1v) is 4.73. The molecule has 0 fully saturated rings. The molecule has 0 saturated carbocycles. The molecule has 1 aromatic carbocycles. The molecule has 2 heterocycles. The van der Waals surface area contributed by atoms with Crippen LogP contribution in [0.15, 0.2) is 29.2 Å². The largest absolute Gasteiger partial charge is 0.456 e. The fourth-order valence-electron chi connectivity index (χ4n) is 1.64. The number of furan rings is 1. The van der Waals surface area contributed by atoms with Gasteiger partial charge in [0, 0.05) is 11.5 Å². The van der Waals surface area contributed by atoms with E-state index in [1.165, 1.54) is 0 Å². The maximum Gasteiger partial charge on any atom is 0.231 e. The minimum absolute atomic E-state index is 0.287. The summed E-state index contributed by atoms with van der Waals surface area (Å²) in [5.74, 6) is 2.32. The Bertz CT molecular complexity index is 510. The fraction of sp³-hybridized carbons (Fsp3) is 0.167. The van der Waals surface area contributed by atoms with Crippen molar-refractivity contribution in [2.75, 3.05) is 6.79 Å². The van der Waals surface area contributed by atoms with Crippen LogP contribution in [0.5, 0.6) is 11.5 Å². The average Bonchev–Trinajstić information content (AvgIpc) is 2.77. The van der Waals surface area contributed by atoms with Gasteiger partial charge < -0.3 is 13.9 Å². The first kappa shape index (κ1) is 8.41. The average molecular weight is 202 g/mol. The van der Waals surface area contributed by atoms with Gasteiger partial charge in [0.2, 0.25) is 6.79 Å². The van der Waals surface area contributed by atoms with Crippen molar-refractivity contribution in [1.29, 1.82) is 0 Å². The number of allylic oxidation sites excluding steroid dienone is 1. The molecule has 0 amide bonds. The highest BCUT2D eigenvalue weighted by atomic mass is 16.7. The third-order valence-corrected chi connectivity index (χ3v) is 2.43. The lowest BCUT2D eigenvalue weighted by Gasteiger charge is -1.93. The summed E-state index contributed by atoms with van der Waals surface area (Å²) >= 11 is 0. The highest BCUT2D eigenvalue weighted by molar-refractivity contribution is 5.84. The summed E-state index contributed by atoms with van der Waals surface area (Å²) in [5.41, 5.74) is 1.71. The predicted octanol–water partition coefficient (Wildman–Crippen LogP) is 3.19. The van der Waals surface area contributed by atoms with Crippen LogP contribution in [-0.4, -0.2) is 6.79 Å². The van der Waals surface area contributed by atoms with Gasteiger partial charge in [0.25, 0.3) is 0 Å². The van der Waals surface area contributed by atoms with E-state index in [-0.39, 0.29) is 6.79 Å². The maximum absolute atomic E-state index is 5.62. The molecule has 3 heteroatoms. The van der Waals surface area contributed by atoms with Gasteiger partial charge in [-0.15, -0.1) is 0 Å². The van der Waals surface area contributed by atoms with Crippen LogP contribution in [0.4, 0.5) is 0 Å². The van der Waals surface area contributed by atoms with Crippen molar-refractivity contribution in [2.45, 2.75) is 6.92 Å². The van der Waals surface area contributed by atoms with E-state index >= 15 is 0 Å². The number of rotatable bonds is 1. The molecule has 3 rings (SSSR count). The van der Waals surface area contributed by atoms with Gasteiger partial charge in [-0.3, -0.25) is 0 Å². The normalized spacial score (nSPS) is 13.4. The second kappa shape index (κ2) is 2.79. The molecule has 0 radical (unpaired) electrons. The van der Waals surface area contributed by atoms with Crippen LogP contribution < -0.4 is 9.47 Å². The Morgan fingerprint density at radius 1 is 1.20 bits per heavy atom. The van der Waals surface area contributed by atoms with E-state index in [1.807, 2.05) is 25.1 Å². The van der Waals surface area contributed by atoms with Gasteiger partial charge in [-0.1, -0.05) is 6.58 Å². The highest BCUT2D eigenvalue weighted by Crippen LogP contribution is 2.37. The molecule has 0 unspecified atom stereocenters. The molecule has 76 valence electrons. The van der Waals surface area contributed by atoms with Crippen LogP contribution in [0.2, 0.25) is 0 Å². The number of fused-ring (bicyclic) bond motifs is 2. The zero-order chi connectivity index (χ0) is 10.4. The van der Waals surface area contributed by atoms with Crippen LogP contribution in [-0.2, 0) is 0 Å². The third-order valence-electron chi connectivity index (χ3n) is 2.43. The van der Waals surface area contributed by atoms with Crippen molar-refractivity contribution >= 4 is 16.5 Å². The molecule has 0 N–H and O–H groups in total. The Morgan fingerprint density at radius 2 is 1.93 bits per heavy atom. The SMILES string of the molecule is C=C(C)c1cc2cc3c(cc2o1)OCO3. The van der Waals surface area contributed by atoms with Crippen molar-refractivity contribution < 1.29 is 13.9 Å². The zero-order valence-corrected chi connectivity index (χ0v) is 8.37. The summed E-state index contributed by atoms with van der Waals surface area (Å²) in [5, 5.41) is 1.01. The van der Waals surface area contributed by atoms with Crippen LogP contribution in [0.25, 0.3) is 16.5 Å². The van der Waals surface area contributed by atoms with Gasteiger partial charge in [-0.05, 0) is 24.6 Å². The third kappa shape index (κ3) is 1.20. The highest BCUT2D eigenvalue weighted by Gasteiger charge is 2.16. The Morgan fingerprint density at radius 3 is 2.67 bits per heavy atom. The van der Waals surface area contributed by atoms with Crippen LogP contribution >= 0.6 is 0 Å². The summed E-state index contributed by atoms with van der Waals surface area (Å²) in [7, 11) is 0. The molecular weight excluding hydrogens is 192 g/mol. The Kier molecular flexibility index (Phi) is 1.57. The second-order valence-corrected chi connectivity index (χ2v) is 3.63. The Hall–Kier alpha value is -1.90. The zero-order valence-electron chi connectivity index (χ0n) is 8.37. The molecule has 15 heavy (non-hydrogen) atoms. The Balaban J connectivity index is 2.24. The summed E-state index contributed by atoms with van der Waals surface area (Å²) in [4.78, 5) is 0. The van der Waals surface area contributed by atoms with E-state index in [0.29, 0.717) is 0 Å². The number of ether oxygens (including phenoxy) is 2. The van der Waals surface area contributed by atoms with Gasteiger partial charge in [-0.2, -0.15) is 0 Å². The summed E-state index contributed by atoms with van der Waals surface area (Å²) in [6, 6.07) is 5.73. The van der Waals surface area contributed by atoms with E-state index in [4.69, 9.17) is 13.9 Å². The molecule has 1 aromatic heterocycles. The van der Waals surface area contributed by atoms with E-state index in [9.17, 15) is 0 Å². The van der Waals surface area contributed by atoms with Crippen molar-refractivity contribution in [3.05, 3.63) is 30.5 Å². The lowest BCUT2D eigenvalue weighted by Crippen LogP contribution is -1.92. The van der Waals surface area contributed by atoms with Crippen molar-refractivity contribution in [2.24, 2.45) is 0 Å². The standard InChI is InChI=1S/C12H10O3/c1-7(2)9-3-8-4-11-12(14-6-13-11)5-10(8)15-9/h3-5H,1,6H2,2H3. The van der Waals surface area contributed by atoms with E-state index in [2.05, 4.69) is 6.58 Å². The second-order valence-electron chi connectivity index (χ2n) is 3.63. The number of hydrogen-bond acceptors (Lipinski definition) is 3. The topological polar surface area (TPSA) is 31.6 Å². The fourth-order valence-corrected chi connectivity index (χ4v) is 1.64. The molecule has 1 aliphatic rings. The van der Waals surface area contributed by atoms with E-state index in [1.54, 1.807) is 0 Å². The monoisotopic (exact) mass is 202 g/mol. The van der Waals surface area contributed by atoms with Gasteiger partial charge in [-0.25, -0.2) is 0 Å². The first-order chi connectivity index (χ1) is 7.24.